The zero-order valence-electron chi connectivity index (χ0n) is 13.3. The molecule has 3 rings (SSSR count). The molecule has 0 saturated heterocycles. The summed E-state index contributed by atoms with van der Waals surface area (Å²) < 4.78 is 1.96. The van der Waals surface area contributed by atoms with Gasteiger partial charge in [0.15, 0.2) is 5.96 Å². The highest BCUT2D eigenvalue weighted by atomic mass is 127. The SMILES string of the molecule is CCc1cnc(CNC(=NC)NC2CCc3ncnn3C2)s1.I. The van der Waals surface area contributed by atoms with Gasteiger partial charge < -0.3 is 10.6 Å². The number of aliphatic imine (C=N–C) groups is 1. The summed E-state index contributed by atoms with van der Waals surface area (Å²) in [4.78, 5) is 14.3. The van der Waals surface area contributed by atoms with E-state index in [2.05, 4.69) is 37.6 Å². The van der Waals surface area contributed by atoms with Gasteiger partial charge in [-0.2, -0.15) is 5.10 Å². The molecule has 0 aliphatic carbocycles. The fraction of sp³-hybridized carbons (Fsp3) is 0.571. The summed E-state index contributed by atoms with van der Waals surface area (Å²) in [6.07, 6.45) is 6.59. The molecule has 126 valence electrons. The van der Waals surface area contributed by atoms with E-state index in [1.54, 1.807) is 24.7 Å². The molecule has 23 heavy (non-hydrogen) atoms. The molecule has 1 aliphatic rings. The van der Waals surface area contributed by atoms with Crippen molar-refractivity contribution in [1.29, 1.82) is 0 Å². The molecule has 9 heteroatoms. The summed E-state index contributed by atoms with van der Waals surface area (Å²) in [5, 5.41) is 12.1. The standard InChI is InChI=1S/C14H21N7S.HI/c1-3-11-6-16-13(22-11)7-17-14(15-2)20-10-4-5-12-18-9-19-21(12)8-10;/h6,9-10H,3-5,7-8H2,1-2H3,(H2,15,17,20);1H. The topological polar surface area (TPSA) is 80.0 Å². The highest BCUT2D eigenvalue weighted by molar-refractivity contribution is 14.0. The van der Waals surface area contributed by atoms with Crippen molar-refractivity contribution in [2.24, 2.45) is 4.99 Å². The molecule has 3 heterocycles. The first kappa shape index (κ1) is 18.1. The van der Waals surface area contributed by atoms with E-state index in [9.17, 15) is 0 Å². The number of nitrogens with zero attached hydrogens (tertiary/aromatic N) is 5. The fourth-order valence-electron chi connectivity index (χ4n) is 2.50. The lowest BCUT2D eigenvalue weighted by molar-refractivity contribution is 0.392. The van der Waals surface area contributed by atoms with Crippen LogP contribution < -0.4 is 10.6 Å². The van der Waals surface area contributed by atoms with Crippen molar-refractivity contribution in [3.63, 3.8) is 0 Å². The van der Waals surface area contributed by atoms with Gasteiger partial charge in [0.2, 0.25) is 0 Å². The molecule has 0 fully saturated rings. The number of hydrogen-bond donors (Lipinski definition) is 2. The van der Waals surface area contributed by atoms with Crippen molar-refractivity contribution in [2.45, 2.75) is 45.3 Å². The molecule has 2 N–H and O–H groups in total. The van der Waals surface area contributed by atoms with E-state index in [0.29, 0.717) is 12.6 Å². The molecule has 0 spiro atoms. The van der Waals surface area contributed by atoms with Crippen LogP contribution >= 0.6 is 35.3 Å². The number of halogens is 1. The number of thiazole rings is 1. The van der Waals surface area contributed by atoms with Gasteiger partial charge in [0, 0.05) is 30.6 Å². The second kappa shape index (κ2) is 8.57. The second-order valence-electron chi connectivity index (χ2n) is 5.24. The number of aryl methyl sites for hydroxylation is 2. The molecule has 0 radical (unpaired) electrons. The lowest BCUT2D eigenvalue weighted by Crippen LogP contribution is -2.46. The zero-order chi connectivity index (χ0) is 15.4. The second-order valence-corrected chi connectivity index (χ2v) is 6.44. The molecule has 0 bridgehead atoms. The maximum absolute atomic E-state index is 4.41. The Morgan fingerprint density at radius 3 is 3.09 bits per heavy atom. The van der Waals surface area contributed by atoms with Crippen LogP contribution in [0.2, 0.25) is 0 Å². The van der Waals surface area contributed by atoms with Gasteiger partial charge in [-0.05, 0) is 12.8 Å². The third kappa shape index (κ3) is 4.63. The minimum absolute atomic E-state index is 0. The van der Waals surface area contributed by atoms with Crippen LogP contribution in [-0.2, 0) is 25.9 Å². The number of aromatic nitrogens is 4. The lowest BCUT2D eigenvalue weighted by atomic mass is 10.1. The summed E-state index contributed by atoms with van der Waals surface area (Å²) in [5.74, 6) is 1.87. The van der Waals surface area contributed by atoms with Gasteiger partial charge in [0.25, 0.3) is 0 Å². The Balaban J connectivity index is 0.00000192. The van der Waals surface area contributed by atoms with Crippen LogP contribution in [0.3, 0.4) is 0 Å². The minimum atomic E-state index is 0. The Bertz CT molecular complexity index is 651. The summed E-state index contributed by atoms with van der Waals surface area (Å²) >= 11 is 1.74. The number of nitrogens with one attached hydrogen (secondary N) is 2. The largest absolute Gasteiger partial charge is 0.352 e. The first-order chi connectivity index (χ1) is 10.8. The van der Waals surface area contributed by atoms with E-state index < -0.39 is 0 Å². The van der Waals surface area contributed by atoms with Gasteiger partial charge in [0.1, 0.15) is 17.2 Å². The van der Waals surface area contributed by atoms with Crippen molar-refractivity contribution >= 4 is 41.3 Å². The number of fused-ring (bicyclic) bond motifs is 1. The zero-order valence-corrected chi connectivity index (χ0v) is 16.5. The van der Waals surface area contributed by atoms with Crippen LogP contribution in [0.5, 0.6) is 0 Å². The van der Waals surface area contributed by atoms with Gasteiger partial charge in [0.05, 0.1) is 13.1 Å². The Kier molecular flexibility index (Phi) is 6.75. The summed E-state index contributed by atoms with van der Waals surface area (Å²) in [5.41, 5.74) is 0. The predicted molar refractivity (Wildman–Crippen MR) is 102 cm³/mol. The van der Waals surface area contributed by atoms with Crippen molar-refractivity contribution in [2.75, 3.05) is 7.05 Å². The maximum atomic E-state index is 4.41. The molecule has 1 unspecified atom stereocenters. The number of guanidine groups is 1. The third-order valence-electron chi connectivity index (χ3n) is 3.73. The Morgan fingerprint density at radius 1 is 1.48 bits per heavy atom. The van der Waals surface area contributed by atoms with Crippen LogP contribution in [0.25, 0.3) is 0 Å². The highest BCUT2D eigenvalue weighted by Crippen LogP contribution is 2.13. The van der Waals surface area contributed by atoms with Crippen molar-refractivity contribution in [3.05, 3.63) is 28.2 Å². The van der Waals surface area contributed by atoms with E-state index in [-0.39, 0.29) is 24.0 Å². The predicted octanol–water partition coefficient (Wildman–Crippen LogP) is 1.59. The Morgan fingerprint density at radius 2 is 2.35 bits per heavy atom. The quantitative estimate of drug-likeness (QED) is 0.423. The minimum Gasteiger partial charge on any atom is -0.352 e. The smallest absolute Gasteiger partial charge is 0.191 e. The van der Waals surface area contributed by atoms with E-state index in [4.69, 9.17) is 0 Å². The molecule has 0 amide bonds. The lowest BCUT2D eigenvalue weighted by Gasteiger charge is -2.25. The third-order valence-corrected chi connectivity index (χ3v) is 4.87. The van der Waals surface area contributed by atoms with Gasteiger partial charge in [-0.25, -0.2) is 14.6 Å². The molecule has 2 aromatic rings. The number of rotatable bonds is 4. The van der Waals surface area contributed by atoms with Crippen LogP contribution in [0.4, 0.5) is 0 Å². The van der Waals surface area contributed by atoms with E-state index in [1.165, 1.54) is 4.88 Å². The fourth-order valence-corrected chi connectivity index (χ4v) is 3.30. The number of hydrogen-bond acceptors (Lipinski definition) is 5. The van der Waals surface area contributed by atoms with Gasteiger partial charge in [-0.1, -0.05) is 6.92 Å². The van der Waals surface area contributed by atoms with Crippen LogP contribution in [0, 0.1) is 0 Å². The van der Waals surface area contributed by atoms with Crippen LogP contribution in [-0.4, -0.2) is 38.8 Å². The van der Waals surface area contributed by atoms with E-state index >= 15 is 0 Å². The van der Waals surface area contributed by atoms with Crippen LogP contribution in [0.1, 0.15) is 29.1 Å². The molecule has 0 aromatic carbocycles. The first-order valence-corrected chi connectivity index (χ1v) is 8.37. The van der Waals surface area contributed by atoms with Crippen LogP contribution in [0.15, 0.2) is 17.5 Å². The summed E-state index contributed by atoms with van der Waals surface area (Å²) in [6.45, 7) is 3.67. The Labute approximate surface area is 157 Å². The Hall–Kier alpha value is -1.23. The summed E-state index contributed by atoms with van der Waals surface area (Å²) in [7, 11) is 1.79. The molecule has 2 aromatic heterocycles. The average Bonchev–Trinajstić information content (AvgIpc) is 3.19. The molecule has 7 nitrogen and oxygen atoms in total. The maximum Gasteiger partial charge on any atom is 0.191 e. The van der Waals surface area contributed by atoms with Crippen molar-refractivity contribution in [3.8, 4) is 0 Å². The van der Waals surface area contributed by atoms with Gasteiger partial charge >= 0.3 is 0 Å². The van der Waals surface area contributed by atoms with E-state index in [0.717, 1.165) is 42.6 Å². The van der Waals surface area contributed by atoms with Gasteiger partial charge in [-0.3, -0.25) is 4.99 Å². The van der Waals surface area contributed by atoms with Crippen molar-refractivity contribution < 1.29 is 0 Å². The average molecular weight is 447 g/mol. The molecule has 1 atom stereocenters. The molecule has 0 saturated carbocycles. The molecular formula is C14H22IN7S. The van der Waals surface area contributed by atoms with E-state index in [1.807, 2.05) is 10.9 Å². The summed E-state index contributed by atoms with van der Waals surface area (Å²) in [6, 6.07) is 0.322. The highest BCUT2D eigenvalue weighted by Gasteiger charge is 2.20. The normalized spacial score (nSPS) is 17.3. The van der Waals surface area contributed by atoms with Crippen molar-refractivity contribution in [1.82, 2.24) is 30.4 Å². The van der Waals surface area contributed by atoms with Gasteiger partial charge in [-0.15, -0.1) is 35.3 Å². The first-order valence-electron chi connectivity index (χ1n) is 7.56. The monoisotopic (exact) mass is 447 g/mol. The molecular weight excluding hydrogens is 425 g/mol. The molecule has 1 aliphatic heterocycles.